The lowest BCUT2D eigenvalue weighted by Gasteiger charge is -2.39. The van der Waals surface area contributed by atoms with Crippen LogP contribution in [0.25, 0.3) is 0 Å². The Morgan fingerprint density at radius 1 is 1.05 bits per heavy atom. The molecule has 0 radical (unpaired) electrons. The molecule has 2 atom stereocenters. The Hall–Kier alpha value is -1.22. The molecule has 0 aliphatic carbocycles. The summed E-state index contributed by atoms with van der Waals surface area (Å²) in [5, 5.41) is 0. The molecule has 1 aliphatic rings. The summed E-state index contributed by atoms with van der Waals surface area (Å²) in [7, 11) is 3.36. The van der Waals surface area contributed by atoms with E-state index in [2.05, 4.69) is 30.9 Å². The van der Waals surface area contributed by atoms with Gasteiger partial charge >= 0.3 is 0 Å². The van der Waals surface area contributed by atoms with Gasteiger partial charge in [-0.1, -0.05) is 12.5 Å². The van der Waals surface area contributed by atoms with Crippen LogP contribution in [0.15, 0.2) is 18.2 Å². The van der Waals surface area contributed by atoms with Gasteiger partial charge in [0, 0.05) is 18.6 Å². The first-order chi connectivity index (χ1) is 9.15. The van der Waals surface area contributed by atoms with Gasteiger partial charge in [-0.05, 0) is 44.4 Å². The second-order valence-electron chi connectivity index (χ2n) is 5.49. The Kier molecular flexibility index (Phi) is 4.70. The van der Waals surface area contributed by atoms with E-state index in [4.69, 9.17) is 9.47 Å². The topological polar surface area (TPSA) is 21.7 Å². The van der Waals surface area contributed by atoms with Gasteiger partial charge in [0.2, 0.25) is 0 Å². The molecule has 19 heavy (non-hydrogen) atoms. The molecule has 1 saturated heterocycles. The van der Waals surface area contributed by atoms with Crippen LogP contribution in [0.4, 0.5) is 0 Å². The van der Waals surface area contributed by atoms with E-state index in [0.29, 0.717) is 12.1 Å². The number of hydrogen-bond acceptors (Lipinski definition) is 3. The zero-order valence-corrected chi connectivity index (χ0v) is 12.5. The summed E-state index contributed by atoms with van der Waals surface area (Å²) in [6, 6.07) is 7.55. The van der Waals surface area contributed by atoms with Crippen LogP contribution in [0.2, 0.25) is 0 Å². The van der Waals surface area contributed by atoms with Crippen molar-refractivity contribution in [2.45, 2.75) is 51.7 Å². The molecule has 0 bridgehead atoms. The molecule has 106 valence electrons. The Balaban J connectivity index is 2.13. The normalized spacial score (nSPS) is 24.2. The zero-order chi connectivity index (χ0) is 13.8. The molecule has 2 rings (SSSR count). The van der Waals surface area contributed by atoms with Gasteiger partial charge in [-0.15, -0.1) is 0 Å². The third kappa shape index (κ3) is 3.21. The molecule has 1 aromatic carbocycles. The summed E-state index contributed by atoms with van der Waals surface area (Å²) in [4.78, 5) is 2.59. The number of nitrogens with zero attached hydrogens (tertiary/aromatic N) is 1. The van der Waals surface area contributed by atoms with Crippen molar-refractivity contribution in [3.05, 3.63) is 23.8 Å². The van der Waals surface area contributed by atoms with Crippen LogP contribution in [-0.2, 0) is 6.54 Å². The molecule has 0 aromatic heterocycles. The second-order valence-corrected chi connectivity index (χ2v) is 5.49. The van der Waals surface area contributed by atoms with E-state index in [1.165, 1.54) is 24.8 Å². The number of ether oxygens (including phenoxy) is 2. The van der Waals surface area contributed by atoms with Crippen LogP contribution < -0.4 is 9.47 Å². The molecule has 1 fully saturated rings. The smallest absolute Gasteiger partial charge is 0.161 e. The first-order valence-electron chi connectivity index (χ1n) is 7.12. The highest BCUT2D eigenvalue weighted by Crippen LogP contribution is 2.30. The largest absolute Gasteiger partial charge is 0.493 e. The minimum atomic E-state index is 0.664. The monoisotopic (exact) mass is 263 g/mol. The van der Waals surface area contributed by atoms with Crippen molar-refractivity contribution in [3.8, 4) is 11.5 Å². The van der Waals surface area contributed by atoms with Crippen LogP contribution in [0, 0.1) is 0 Å². The fourth-order valence-electron chi connectivity index (χ4n) is 2.98. The molecule has 0 unspecified atom stereocenters. The van der Waals surface area contributed by atoms with E-state index in [1.807, 2.05) is 6.07 Å². The van der Waals surface area contributed by atoms with Gasteiger partial charge in [0.25, 0.3) is 0 Å². The lowest BCUT2D eigenvalue weighted by atomic mass is 9.96. The molecule has 3 heteroatoms. The van der Waals surface area contributed by atoms with Crippen molar-refractivity contribution >= 4 is 0 Å². The maximum Gasteiger partial charge on any atom is 0.161 e. The van der Waals surface area contributed by atoms with Crippen molar-refractivity contribution in [2.75, 3.05) is 14.2 Å². The van der Waals surface area contributed by atoms with Crippen LogP contribution in [0.1, 0.15) is 38.7 Å². The minimum absolute atomic E-state index is 0.664. The van der Waals surface area contributed by atoms with E-state index in [1.54, 1.807) is 14.2 Å². The molecule has 0 N–H and O–H groups in total. The Bertz CT molecular complexity index is 409. The van der Waals surface area contributed by atoms with Crippen molar-refractivity contribution in [1.29, 1.82) is 0 Å². The SMILES string of the molecule is COc1ccc(CN2[C@H](C)CCC[C@H]2C)cc1OC. The van der Waals surface area contributed by atoms with E-state index in [0.717, 1.165) is 18.0 Å². The van der Waals surface area contributed by atoms with E-state index in [9.17, 15) is 0 Å². The fourth-order valence-corrected chi connectivity index (χ4v) is 2.98. The molecule has 0 amide bonds. The van der Waals surface area contributed by atoms with E-state index in [-0.39, 0.29) is 0 Å². The highest BCUT2D eigenvalue weighted by molar-refractivity contribution is 5.42. The molecule has 0 spiro atoms. The number of methoxy groups -OCH3 is 2. The molecular formula is C16H25NO2. The molecule has 0 saturated carbocycles. The zero-order valence-electron chi connectivity index (χ0n) is 12.5. The molecule has 1 aromatic rings. The highest BCUT2D eigenvalue weighted by atomic mass is 16.5. The summed E-state index contributed by atoms with van der Waals surface area (Å²) in [5.74, 6) is 1.61. The molecule has 1 aliphatic heterocycles. The average molecular weight is 263 g/mol. The Morgan fingerprint density at radius 3 is 2.26 bits per heavy atom. The predicted octanol–water partition coefficient (Wildman–Crippen LogP) is 3.47. The number of piperidine rings is 1. The van der Waals surface area contributed by atoms with Crippen LogP contribution in [0.5, 0.6) is 11.5 Å². The summed E-state index contributed by atoms with van der Waals surface area (Å²) in [6.07, 6.45) is 3.96. The predicted molar refractivity (Wildman–Crippen MR) is 77.9 cm³/mol. The second kappa shape index (κ2) is 6.29. The van der Waals surface area contributed by atoms with E-state index >= 15 is 0 Å². The molecular weight excluding hydrogens is 238 g/mol. The third-order valence-electron chi connectivity index (χ3n) is 4.19. The Morgan fingerprint density at radius 2 is 1.68 bits per heavy atom. The summed E-state index contributed by atoms with van der Waals surface area (Å²) >= 11 is 0. The van der Waals surface area contributed by atoms with Gasteiger partial charge in [-0.25, -0.2) is 0 Å². The lowest BCUT2D eigenvalue weighted by molar-refractivity contribution is 0.0952. The lowest BCUT2D eigenvalue weighted by Crippen LogP contribution is -2.42. The fraction of sp³-hybridized carbons (Fsp3) is 0.625. The van der Waals surface area contributed by atoms with Gasteiger partial charge in [0.1, 0.15) is 0 Å². The average Bonchev–Trinajstić information content (AvgIpc) is 2.42. The first-order valence-corrected chi connectivity index (χ1v) is 7.12. The summed E-state index contributed by atoms with van der Waals surface area (Å²) in [6.45, 7) is 5.65. The first kappa shape index (κ1) is 14.2. The van der Waals surface area contributed by atoms with E-state index < -0.39 is 0 Å². The van der Waals surface area contributed by atoms with Gasteiger partial charge in [0.15, 0.2) is 11.5 Å². The van der Waals surface area contributed by atoms with Crippen molar-refractivity contribution in [3.63, 3.8) is 0 Å². The number of likely N-dealkylation sites (tertiary alicyclic amines) is 1. The van der Waals surface area contributed by atoms with Crippen LogP contribution in [-0.4, -0.2) is 31.2 Å². The van der Waals surface area contributed by atoms with Crippen LogP contribution >= 0.6 is 0 Å². The van der Waals surface area contributed by atoms with Crippen LogP contribution in [0.3, 0.4) is 0 Å². The van der Waals surface area contributed by atoms with Gasteiger partial charge in [-0.3, -0.25) is 4.90 Å². The maximum atomic E-state index is 5.38. The van der Waals surface area contributed by atoms with Crippen molar-refractivity contribution < 1.29 is 9.47 Å². The van der Waals surface area contributed by atoms with Crippen molar-refractivity contribution in [1.82, 2.24) is 4.90 Å². The quantitative estimate of drug-likeness (QED) is 0.830. The summed E-state index contributed by atoms with van der Waals surface area (Å²) in [5.41, 5.74) is 1.29. The number of hydrogen-bond donors (Lipinski definition) is 0. The standard InChI is InChI=1S/C16H25NO2/c1-12-6-5-7-13(2)17(12)11-14-8-9-15(18-3)16(10-14)19-4/h8-10,12-13H,5-7,11H2,1-4H3/t12-,13-/m1/s1. The van der Waals surface area contributed by atoms with Gasteiger partial charge in [0.05, 0.1) is 14.2 Å². The third-order valence-corrected chi connectivity index (χ3v) is 4.19. The number of rotatable bonds is 4. The van der Waals surface area contributed by atoms with Gasteiger partial charge < -0.3 is 9.47 Å². The highest BCUT2D eigenvalue weighted by Gasteiger charge is 2.24. The van der Waals surface area contributed by atoms with Gasteiger partial charge in [-0.2, -0.15) is 0 Å². The van der Waals surface area contributed by atoms with Crippen molar-refractivity contribution in [2.24, 2.45) is 0 Å². The minimum Gasteiger partial charge on any atom is -0.493 e. The summed E-state index contributed by atoms with van der Waals surface area (Å²) < 4.78 is 10.7. The number of benzene rings is 1. The molecule has 1 heterocycles. The molecule has 3 nitrogen and oxygen atoms in total. The Labute approximate surface area is 116 Å². The maximum absolute atomic E-state index is 5.38.